The molecule has 13 heteroatoms. The fraction of sp³-hybridized carbons (Fsp3) is 0.333. The summed E-state index contributed by atoms with van der Waals surface area (Å²) in [7, 11) is -1.18. The molecule has 0 bridgehead atoms. The summed E-state index contributed by atoms with van der Waals surface area (Å²) in [6, 6.07) is 5.39. The van der Waals surface area contributed by atoms with Crippen LogP contribution in [0.15, 0.2) is 47.4 Å². The first-order valence-electron chi connectivity index (χ1n) is 8.48. The number of ether oxygens (including phenoxy) is 1. The second-order valence-corrected chi connectivity index (χ2v) is 8.82. The predicted molar refractivity (Wildman–Crippen MR) is 101 cm³/mol. The third-order valence-electron chi connectivity index (χ3n) is 3.90. The van der Waals surface area contributed by atoms with Crippen molar-refractivity contribution >= 4 is 21.6 Å². The summed E-state index contributed by atoms with van der Waals surface area (Å²) in [6.07, 6.45) is -9.65. The molecule has 0 aliphatic carbocycles. The van der Waals surface area contributed by atoms with E-state index in [4.69, 9.17) is 11.6 Å². The zero-order valence-corrected chi connectivity index (χ0v) is 17.6. The normalized spacial score (nSPS) is 14.0. The molecule has 31 heavy (non-hydrogen) atoms. The highest BCUT2D eigenvalue weighted by atomic mass is 35.5. The number of nitrogens with one attached hydrogen (secondary N) is 1. The molecule has 0 saturated heterocycles. The molecule has 0 radical (unpaired) electrons. The van der Waals surface area contributed by atoms with Crippen LogP contribution in [0.4, 0.5) is 26.3 Å². The van der Waals surface area contributed by atoms with Gasteiger partial charge in [0.05, 0.1) is 21.5 Å². The molecule has 0 saturated carbocycles. The van der Waals surface area contributed by atoms with Gasteiger partial charge in [0.2, 0.25) is 10.0 Å². The molecule has 2 rings (SSSR count). The highest BCUT2D eigenvalue weighted by molar-refractivity contribution is 7.89. The lowest BCUT2D eigenvalue weighted by Gasteiger charge is -2.23. The molecule has 0 heterocycles. The molecule has 1 atom stereocenters. The Morgan fingerprint density at radius 2 is 1.71 bits per heavy atom. The Kier molecular flexibility index (Phi) is 7.51. The van der Waals surface area contributed by atoms with E-state index in [1.165, 1.54) is 6.07 Å². The van der Waals surface area contributed by atoms with Crippen LogP contribution in [0.2, 0.25) is 5.02 Å². The molecule has 0 amide bonds. The van der Waals surface area contributed by atoms with E-state index >= 15 is 0 Å². The van der Waals surface area contributed by atoms with Crippen molar-refractivity contribution in [2.75, 3.05) is 20.6 Å². The molecule has 0 aromatic heterocycles. The van der Waals surface area contributed by atoms with E-state index in [-0.39, 0.29) is 12.1 Å². The number of benzene rings is 2. The molecular formula is C18H17ClF6N2O3S. The number of hydrogen-bond donors (Lipinski definition) is 1. The Labute approximate surface area is 179 Å². The van der Waals surface area contributed by atoms with Crippen LogP contribution in [-0.4, -0.2) is 40.3 Å². The van der Waals surface area contributed by atoms with Gasteiger partial charge in [-0.1, -0.05) is 23.7 Å². The van der Waals surface area contributed by atoms with Crippen molar-refractivity contribution in [1.29, 1.82) is 0 Å². The second-order valence-electron chi connectivity index (χ2n) is 6.70. The lowest BCUT2D eigenvalue weighted by molar-refractivity contribution is -0.274. The maximum Gasteiger partial charge on any atom is 0.573 e. The van der Waals surface area contributed by atoms with E-state index in [2.05, 4.69) is 9.46 Å². The molecule has 0 aliphatic rings. The van der Waals surface area contributed by atoms with Crippen LogP contribution in [-0.2, 0) is 16.2 Å². The summed E-state index contributed by atoms with van der Waals surface area (Å²) >= 11 is 5.70. The largest absolute Gasteiger partial charge is 0.573 e. The Morgan fingerprint density at radius 1 is 1.06 bits per heavy atom. The average Bonchev–Trinajstić information content (AvgIpc) is 2.60. The number of rotatable bonds is 7. The number of nitrogens with zero attached hydrogens (tertiary/aromatic N) is 1. The summed E-state index contributed by atoms with van der Waals surface area (Å²) in [6.45, 7) is 0.00351. The maximum atomic E-state index is 13.0. The highest BCUT2D eigenvalue weighted by Crippen LogP contribution is 2.33. The third-order valence-corrected chi connectivity index (χ3v) is 5.67. The summed E-state index contributed by atoms with van der Waals surface area (Å²) in [5.74, 6) is -0.796. The van der Waals surface area contributed by atoms with Crippen LogP contribution in [0, 0.1) is 0 Å². The number of likely N-dealkylation sites (N-methyl/N-ethyl adjacent to an activating group) is 1. The summed E-state index contributed by atoms with van der Waals surface area (Å²) < 4.78 is 108. The zero-order chi connectivity index (χ0) is 23.6. The Bertz CT molecular complexity index is 1030. The first-order chi connectivity index (χ1) is 14.1. The molecule has 0 spiro atoms. The van der Waals surface area contributed by atoms with Gasteiger partial charge in [-0.2, -0.15) is 13.2 Å². The van der Waals surface area contributed by atoms with Gasteiger partial charge in [0.25, 0.3) is 0 Å². The van der Waals surface area contributed by atoms with Crippen molar-refractivity contribution in [1.82, 2.24) is 9.62 Å². The van der Waals surface area contributed by atoms with E-state index in [1.807, 2.05) is 0 Å². The number of alkyl halides is 6. The average molecular weight is 491 g/mol. The van der Waals surface area contributed by atoms with E-state index in [0.29, 0.717) is 0 Å². The van der Waals surface area contributed by atoms with E-state index < -0.39 is 49.8 Å². The quantitative estimate of drug-likeness (QED) is 0.564. The molecule has 1 N–H and O–H groups in total. The van der Waals surface area contributed by atoms with Gasteiger partial charge in [-0.15, -0.1) is 13.2 Å². The lowest BCUT2D eigenvalue weighted by atomic mass is 10.0. The van der Waals surface area contributed by atoms with Gasteiger partial charge in [0.15, 0.2) is 0 Å². The fourth-order valence-corrected chi connectivity index (χ4v) is 4.14. The van der Waals surface area contributed by atoms with E-state index in [1.54, 1.807) is 19.0 Å². The van der Waals surface area contributed by atoms with Crippen LogP contribution in [0.5, 0.6) is 5.75 Å². The highest BCUT2D eigenvalue weighted by Gasteiger charge is 2.33. The van der Waals surface area contributed by atoms with Gasteiger partial charge in [-0.25, -0.2) is 13.1 Å². The second kappa shape index (κ2) is 9.23. The van der Waals surface area contributed by atoms with Crippen LogP contribution < -0.4 is 9.46 Å². The Hall–Kier alpha value is -2.02. The van der Waals surface area contributed by atoms with Crippen LogP contribution >= 0.6 is 11.6 Å². The van der Waals surface area contributed by atoms with Gasteiger partial charge in [-0.05, 0) is 50.0 Å². The van der Waals surface area contributed by atoms with Crippen LogP contribution in [0.25, 0.3) is 0 Å². The van der Waals surface area contributed by atoms with Gasteiger partial charge in [0.1, 0.15) is 5.75 Å². The molecule has 5 nitrogen and oxygen atoms in total. The van der Waals surface area contributed by atoms with E-state index in [0.717, 1.165) is 36.4 Å². The van der Waals surface area contributed by atoms with Crippen molar-refractivity contribution in [3.8, 4) is 5.75 Å². The molecule has 2 aromatic rings. The van der Waals surface area contributed by atoms with Gasteiger partial charge in [-0.3, -0.25) is 0 Å². The number of halogens is 7. The van der Waals surface area contributed by atoms with Gasteiger partial charge >= 0.3 is 12.5 Å². The standard InChI is InChI=1S/C18H17ClF6N2O3S/c1-27(2)10-15(11-4-3-5-12(8-11)17(20,21)22)26-31(28,29)13-6-7-16(14(19)9-13)30-18(23,24)25/h3-9,15,26H,10H2,1-2H3. The predicted octanol–water partition coefficient (Wildman–Crippen LogP) is 4.84. The van der Waals surface area contributed by atoms with E-state index in [9.17, 15) is 34.8 Å². The smallest absolute Gasteiger partial charge is 0.404 e. The number of hydrogen-bond acceptors (Lipinski definition) is 4. The third kappa shape index (κ3) is 7.27. The van der Waals surface area contributed by atoms with Crippen LogP contribution in [0.1, 0.15) is 17.2 Å². The van der Waals surface area contributed by atoms with Crippen molar-refractivity contribution in [2.45, 2.75) is 23.5 Å². The van der Waals surface area contributed by atoms with Crippen molar-refractivity contribution < 1.29 is 39.5 Å². The topological polar surface area (TPSA) is 58.6 Å². The SMILES string of the molecule is CN(C)CC(NS(=O)(=O)c1ccc(OC(F)(F)F)c(Cl)c1)c1cccc(C(F)(F)F)c1. The van der Waals surface area contributed by atoms with Gasteiger partial charge in [0, 0.05) is 6.54 Å². The zero-order valence-electron chi connectivity index (χ0n) is 16.1. The molecule has 2 aromatic carbocycles. The number of sulfonamides is 1. The van der Waals surface area contributed by atoms with Crippen molar-refractivity contribution in [3.05, 3.63) is 58.6 Å². The Balaban J connectivity index is 2.38. The maximum absolute atomic E-state index is 13.0. The first-order valence-corrected chi connectivity index (χ1v) is 10.3. The minimum absolute atomic E-state index is 0.00351. The summed E-state index contributed by atoms with van der Waals surface area (Å²) in [5.41, 5.74) is -0.903. The minimum atomic E-state index is -5.03. The summed E-state index contributed by atoms with van der Waals surface area (Å²) in [4.78, 5) is 1.07. The lowest BCUT2D eigenvalue weighted by Crippen LogP contribution is -2.35. The van der Waals surface area contributed by atoms with Crippen LogP contribution in [0.3, 0.4) is 0 Å². The molecule has 0 fully saturated rings. The Morgan fingerprint density at radius 3 is 2.23 bits per heavy atom. The fourth-order valence-electron chi connectivity index (χ4n) is 2.62. The molecule has 1 unspecified atom stereocenters. The molecule has 0 aliphatic heterocycles. The first kappa shape index (κ1) is 25.2. The van der Waals surface area contributed by atoms with Gasteiger partial charge < -0.3 is 9.64 Å². The summed E-state index contributed by atoms with van der Waals surface area (Å²) in [5, 5.41) is -0.608. The molecular weight excluding hydrogens is 474 g/mol. The van der Waals surface area contributed by atoms with Crippen molar-refractivity contribution in [3.63, 3.8) is 0 Å². The minimum Gasteiger partial charge on any atom is -0.404 e. The van der Waals surface area contributed by atoms with Crippen molar-refractivity contribution in [2.24, 2.45) is 0 Å². The molecule has 172 valence electrons. The monoisotopic (exact) mass is 490 g/mol.